The van der Waals surface area contributed by atoms with E-state index in [-0.39, 0.29) is 38.1 Å². The minimum atomic E-state index is -4.60. The molecule has 21 heavy (non-hydrogen) atoms. The highest BCUT2D eigenvalue weighted by molar-refractivity contribution is 7.87. The first kappa shape index (κ1) is 17.9. The van der Waals surface area contributed by atoms with Gasteiger partial charge >= 0.3 is 6.18 Å². The Kier molecular flexibility index (Phi) is 5.78. The van der Waals surface area contributed by atoms with Gasteiger partial charge in [0.2, 0.25) is 0 Å². The number of nitrogens with one attached hydrogen (secondary N) is 1. The molecule has 0 amide bonds. The second kappa shape index (κ2) is 6.77. The number of hydrogen-bond acceptors (Lipinski definition) is 5. The van der Waals surface area contributed by atoms with Crippen molar-refractivity contribution in [3.05, 3.63) is 0 Å². The molecule has 1 saturated heterocycles. The van der Waals surface area contributed by atoms with Crippen LogP contribution in [0.5, 0.6) is 0 Å². The molecule has 1 aliphatic heterocycles. The summed E-state index contributed by atoms with van der Waals surface area (Å²) in [6, 6.07) is -0.386. The van der Waals surface area contributed by atoms with E-state index < -0.39 is 22.9 Å². The van der Waals surface area contributed by atoms with E-state index in [0.29, 0.717) is 0 Å². The number of rotatable bonds is 5. The number of halogens is 3. The number of nitrogens with two attached hydrogens (primary N) is 1. The van der Waals surface area contributed by atoms with Gasteiger partial charge in [-0.1, -0.05) is 5.16 Å². The van der Waals surface area contributed by atoms with Gasteiger partial charge in [0.15, 0.2) is 5.84 Å². The van der Waals surface area contributed by atoms with E-state index in [4.69, 9.17) is 10.9 Å². The summed E-state index contributed by atoms with van der Waals surface area (Å²) in [6.45, 7) is 0.665. The molecule has 1 unspecified atom stereocenters. The largest absolute Gasteiger partial charge is 0.409 e. The lowest BCUT2D eigenvalue weighted by Gasteiger charge is -2.36. The third-order valence-corrected chi connectivity index (χ3v) is 4.71. The van der Waals surface area contributed by atoms with Gasteiger partial charge in [0, 0.05) is 26.2 Å². The van der Waals surface area contributed by atoms with Gasteiger partial charge in [0.1, 0.15) is 6.54 Å². The average Bonchev–Trinajstić information content (AvgIpc) is 2.43. The Balaban J connectivity index is 2.56. The van der Waals surface area contributed by atoms with Gasteiger partial charge in [0.05, 0.1) is 6.04 Å². The summed E-state index contributed by atoms with van der Waals surface area (Å²) in [4.78, 5) is 1.77. The SMILES string of the molecule is CC(C(N)=NO)N1CCN(S(=O)(=O)NCC(F)(F)F)CC1. The van der Waals surface area contributed by atoms with Crippen LogP contribution < -0.4 is 10.5 Å². The van der Waals surface area contributed by atoms with Gasteiger partial charge < -0.3 is 10.9 Å². The molecule has 0 aromatic rings. The molecule has 0 aromatic carbocycles. The van der Waals surface area contributed by atoms with Crippen molar-refractivity contribution in [2.24, 2.45) is 10.9 Å². The van der Waals surface area contributed by atoms with Crippen molar-refractivity contribution in [1.82, 2.24) is 13.9 Å². The predicted molar refractivity (Wildman–Crippen MR) is 69.0 cm³/mol. The quantitative estimate of drug-likeness (QED) is 0.262. The highest BCUT2D eigenvalue weighted by Crippen LogP contribution is 2.14. The van der Waals surface area contributed by atoms with E-state index in [1.54, 1.807) is 11.8 Å². The molecule has 0 saturated carbocycles. The molecular formula is C9H18F3N5O3S. The van der Waals surface area contributed by atoms with Crippen molar-refractivity contribution in [3.8, 4) is 0 Å². The predicted octanol–water partition coefficient (Wildman–Crippen LogP) is -0.864. The summed E-state index contributed by atoms with van der Waals surface area (Å²) in [6.07, 6.45) is -4.60. The molecule has 1 atom stereocenters. The maximum absolute atomic E-state index is 12.0. The summed E-state index contributed by atoms with van der Waals surface area (Å²) >= 11 is 0. The Hall–Kier alpha value is -1.11. The van der Waals surface area contributed by atoms with E-state index in [1.165, 1.54) is 4.72 Å². The monoisotopic (exact) mass is 333 g/mol. The van der Waals surface area contributed by atoms with Gasteiger partial charge in [-0.05, 0) is 6.92 Å². The van der Waals surface area contributed by atoms with Crippen molar-refractivity contribution in [2.45, 2.75) is 19.1 Å². The number of hydrogen-bond donors (Lipinski definition) is 3. The fourth-order valence-corrected chi connectivity index (χ4v) is 3.04. The molecule has 8 nitrogen and oxygen atoms in total. The molecule has 0 aromatic heterocycles. The lowest BCUT2D eigenvalue weighted by molar-refractivity contribution is -0.121. The first-order valence-corrected chi connectivity index (χ1v) is 7.54. The number of piperazine rings is 1. The first-order valence-electron chi connectivity index (χ1n) is 6.10. The minimum absolute atomic E-state index is 0.0125. The fraction of sp³-hybridized carbons (Fsp3) is 0.889. The van der Waals surface area contributed by atoms with Crippen LogP contribution in [0.3, 0.4) is 0 Å². The molecule has 124 valence electrons. The lowest BCUT2D eigenvalue weighted by atomic mass is 10.2. The normalized spacial score (nSPS) is 21.4. The van der Waals surface area contributed by atoms with Crippen molar-refractivity contribution < 1.29 is 26.8 Å². The van der Waals surface area contributed by atoms with Crippen LogP contribution >= 0.6 is 0 Å². The Morgan fingerprint density at radius 3 is 2.33 bits per heavy atom. The fourth-order valence-electron chi connectivity index (χ4n) is 1.87. The highest BCUT2D eigenvalue weighted by Gasteiger charge is 2.34. The van der Waals surface area contributed by atoms with Gasteiger partial charge in [-0.2, -0.15) is 30.6 Å². The molecule has 1 rings (SSSR count). The van der Waals surface area contributed by atoms with Crippen LogP contribution in [0.25, 0.3) is 0 Å². The number of nitrogens with zero attached hydrogens (tertiary/aromatic N) is 3. The number of amidine groups is 1. The maximum atomic E-state index is 12.0. The van der Waals surface area contributed by atoms with Crippen LogP contribution in [0.15, 0.2) is 5.16 Å². The molecule has 12 heteroatoms. The summed E-state index contributed by atoms with van der Waals surface area (Å²) < 4.78 is 62.0. The molecule has 1 aliphatic rings. The zero-order valence-electron chi connectivity index (χ0n) is 11.3. The van der Waals surface area contributed by atoms with Gasteiger partial charge in [0.25, 0.3) is 10.2 Å². The summed E-state index contributed by atoms with van der Waals surface area (Å²) in [5.41, 5.74) is 5.45. The van der Waals surface area contributed by atoms with Gasteiger partial charge in [-0.3, -0.25) is 4.90 Å². The van der Waals surface area contributed by atoms with E-state index in [2.05, 4.69) is 5.16 Å². The molecule has 0 aliphatic carbocycles. The Labute approximate surface area is 120 Å². The van der Waals surface area contributed by atoms with E-state index in [0.717, 1.165) is 4.31 Å². The molecule has 1 fully saturated rings. The average molecular weight is 333 g/mol. The van der Waals surface area contributed by atoms with E-state index >= 15 is 0 Å². The van der Waals surface area contributed by atoms with Crippen LogP contribution in [0.4, 0.5) is 13.2 Å². The maximum Gasteiger partial charge on any atom is 0.402 e. The molecule has 1 heterocycles. The molecule has 0 radical (unpaired) electrons. The van der Waals surface area contributed by atoms with Crippen molar-refractivity contribution in [3.63, 3.8) is 0 Å². The molecular weight excluding hydrogens is 315 g/mol. The van der Waals surface area contributed by atoms with Crippen LogP contribution in [0, 0.1) is 0 Å². The second-order valence-electron chi connectivity index (χ2n) is 4.58. The lowest BCUT2D eigenvalue weighted by Crippen LogP contribution is -2.56. The summed E-state index contributed by atoms with van der Waals surface area (Å²) in [5, 5.41) is 11.4. The van der Waals surface area contributed by atoms with Crippen molar-refractivity contribution in [1.29, 1.82) is 0 Å². The summed E-state index contributed by atoms with van der Waals surface area (Å²) in [7, 11) is -4.17. The second-order valence-corrected chi connectivity index (χ2v) is 6.33. The third kappa shape index (κ3) is 5.30. The number of alkyl halides is 3. The molecule has 0 bridgehead atoms. The van der Waals surface area contributed by atoms with E-state index in [9.17, 15) is 21.6 Å². The minimum Gasteiger partial charge on any atom is -0.409 e. The number of oxime groups is 1. The van der Waals surface area contributed by atoms with E-state index in [1.807, 2.05) is 0 Å². The Morgan fingerprint density at radius 1 is 1.38 bits per heavy atom. The van der Waals surface area contributed by atoms with Crippen molar-refractivity contribution >= 4 is 16.0 Å². The highest BCUT2D eigenvalue weighted by atomic mass is 32.2. The molecule has 0 spiro atoms. The van der Waals surface area contributed by atoms with Gasteiger partial charge in [-0.25, -0.2) is 0 Å². The Bertz CT molecular complexity index is 474. The topological polar surface area (TPSA) is 111 Å². The molecule has 4 N–H and O–H groups in total. The first-order chi connectivity index (χ1) is 9.57. The zero-order valence-corrected chi connectivity index (χ0v) is 12.2. The van der Waals surface area contributed by atoms with Gasteiger partial charge in [-0.15, -0.1) is 0 Å². The smallest absolute Gasteiger partial charge is 0.402 e. The third-order valence-electron chi connectivity index (χ3n) is 3.16. The van der Waals surface area contributed by atoms with Crippen LogP contribution in [0.2, 0.25) is 0 Å². The zero-order chi connectivity index (χ0) is 16.3. The van der Waals surface area contributed by atoms with Crippen LogP contribution in [-0.2, 0) is 10.2 Å². The van der Waals surface area contributed by atoms with Crippen LogP contribution in [0.1, 0.15) is 6.92 Å². The van der Waals surface area contributed by atoms with Crippen molar-refractivity contribution in [2.75, 3.05) is 32.7 Å². The Morgan fingerprint density at radius 2 is 1.90 bits per heavy atom. The summed E-state index contributed by atoms with van der Waals surface area (Å²) in [5.74, 6) is -0.0125. The van der Waals surface area contributed by atoms with Crippen LogP contribution in [-0.4, -0.2) is 73.6 Å². The standard InChI is InChI=1S/C9H18F3N5O3S/c1-7(8(13)15-18)16-2-4-17(5-3-16)21(19,20)14-6-9(10,11)12/h7,14,18H,2-6H2,1H3,(H2,13,15).